The van der Waals surface area contributed by atoms with Crippen molar-refractivity contribution in [1.82, 2.24) is 0 Å². The van der Waals surface area contributed by atoms with Crippen LogP contribution in [0.2, 0.25) is 0 Å². The summed E-state index contributed by atoms with van der Waals surface area (Å²) in [6, 6.07) is 13.6. The zero-order valence-corrected chi connectivity index (χ0v) is 14.7. The molecule has 1 atom stereocenters. The summed E-state index contributed by atoms with van der Waals surface area (Å²) in [5.74, 6) is -1.21. The molecule has 0 heterocycles. The van der Waals surface area contributed by atoms with Crippen LogP contribution in [0.5, 0.6) is 0 Å². The number of halogens is 1. The fourth-order valence-corrected chi connectivity index (χ4v) is 3.09. The lowest BCUT2D eigenvalue weighted by molar-refractivity contribution is -0.141. The number of hydrogen-bond acceptors (Lipinski definition) is 3. The number of anilines is 1. The molecule has 4 nitrogen and oxygen atoms in total. The smallest absolute Gasteiger partial charge is 0.306 e. The van der Waals surface area contributed by atoms with Crippen molar-refractivity contribution in [3.63, 3.8) is 0 Å². The van der Waals surface area contributed by atoms with Gasteiger partial charge in [0.25, 0.3) is 0 Å². The van der Waals surface area contributed by atoms with Gasteiger partial charge in [-0.25, -0.2) is 4.39 Å². The van der Waals surface area contributed by atoms with E-state index in [-0.39, 0.29) is 18.1 Å². The lowest BCUT2D eigenvalue weighted by Gasteiger charge is -2.09. The van der Waals surface area contributed by atoms with Crippen molar-refractivity contribution in [2.75, 3.05) is 11.1 Å². The fraction of sp³-hybridized carbons (Fsp3) is 0.263. The minimum atomic E-state index is -0.829. The Hall–Kier alpha value is -2.34. The van der Waals surface area contributed by atoms with Crippen LogP contribution in [0, 0.1) is 11.7 Å². The first-order valence-corrected chi connectivity index (χ1v) is 8.93. The van der Waals surface area contributed by atoms with Gasteiger partial charge in [0.2, 0.25) is 5.91 Å². The van der Waals surface area contributed by atoms with E-state index in [0.717, 1.165) is 5.56 Å². The van der Waals surface area contributed by atoms with E-state index in [4.69, 9.17) is 5.11 Å². The van der Waals surface area contributed by atoms with Gasteiger partial charge in [0, 0.05) is 22.8 Å². The maximum absolute atomic E-state index is 13.5. The van der Waals surface area contributed by atoms with E-state index in [0.29, 0.717) is 22.8 Å². The van der Waals surface area contributed by atoms with Crippen molar-refractivity contribution in [1.29, 1.82) is 0 Å². The molecule has 1 unspecified atom stereocenters. The van der Waals surface area contributed by atoms with Gasteiger partial charge in [-0.2, -0.15) is 0 Å². The summed E-state index contributed by atoms with van der Waals surface area (Å²) < 4.78 is 13.5. The summed E-state index contributed by atoms with van der Waals surface area (Å²) in [5.41, 5.74) is 1.57. The van der Waals surface area contributed by atoms with Crippen LogP contribution in [0.3, 0.4) is 0 Å². The highest BCUT2D eigenvalue weighted by Crippen LogP contribution is 2.22. The second-order valence-electron chi connectivity index (χ2n) is 5.72. The Kier molecular flexibility index (Phi) is 7.01. The predicted octanol–water partition coefficient (Wildman–Crippen LogP) is 4.21. The first kappa shape index (κ1) is 19.0. The monoisotopic (exact) mass is 361 g/mol. The summed E-state index contributed by atoms with van der Waals surface area (Å²) in [7, 11) is 0. The third kappa shape index (κ3) is 6.23. The Bertz CT molecular complexity index is 734. The molecule has 25 heavy (non-hydrogen) atoms. The van der Waals surface area contributed by atoms with Gasteiger partial charge < -0.3 is 10.4 Å². The third-order valence-electron chi connectivity index (χ3n) is 3.62. The van der Waals surface area contributed by atoms with Crippen LogP contribution in [-0.4, -0.2) is 22.7 Å². The van der Waals surface area contributed by atoms with Crippen LogP contribution in [0.1, 0.15) is 18.9 Å². The lowest BCUT2D eigenvalue weighted by atomic mass is 10.0. The number of carbonyl (C=O) groups excluding carboxylic acids is 1. The molecular formula is C19H20FNO3S. The Balaban J connectivity index is 1.78. The third-order valence-corrected chi connectivity index (χ3v) is 4.67. The molecule has 0 fully saturated rings. The zero-order chi connectivity index (χ0) is 18.2. The van der Waals surface area contributed by atoms with Gasteiger partial charge in [0.05, 0.1) is 5.92 Å². The molecule has 1 amide bonds. The molecule has 2 N–H and O–H groups in total. The van der Waals surface area contributed by atoms with Crippen molar-refractivity contribution in [3.8, 4) is 0 Å². The average molecular weight is 361 g/mol. The van der Waals surface area contributed by atoms with Crippen LogP contribution in [0.25, 0.3) is 0 Å². The van der Waals surface area contributed by atoms with Gasteiger partial charge in [0.15, 0.2) is 0 Å². The molecule has 2 aromatic carbocycles. The van der Waals surface area contributed by atoms with Gasteiger partial charge in [-0.05, 0) is 36.2 Å². The van der Waals surface area contributed by atoms with Gasteiger partial charge >= 0.3 is 5.97 Å². The van der Waals surface area contributed by atoms with E-state index in [1.807, 2.05) is 12.1 Å². The maximum atomic E-state index is 13.5. The number of carboxylic acids is 1. The summed E-state index contributed by atoms with van der Waals surface area (Å²) in [4.78, 5) is 23.3. The predicted molar refractivity (Wildman–Crippen MR) is 97.3 cm³/mol. The van der Waals surface area contributed by atoms with Gasteiger partial charge in [-0.15, -0.1) is 11.8 Å². The van der Waals surface area contributed by atoms with E-state index in [2.05, 4.69) is 5.32 Å². The minimum absolute atomic E-state index is 0.143. The molecule has 0 radical (unpaired) electrons. The highest BCUT2D eigenvalue weighted by molar-refractivity contribution is 7.99. The van der Waals surface area contributed by atoms with Crippen molar-refractivity contribution >= 4 is 29.3 Å². The number of carboxylic acid groups (broad SMARTS) is 1. The Morgan fingerprint density at radius 3 is 2.48 bits per heavy atom. The van der Waals surface area contributed by atoms with Crippen molar-refractivity contribution in [2.24, 2.45) is 5.92 Å². The van der Waals surface area contributed by atoms with E-state index >= 15 is 0 Å². The molecule has 2 rings (SSSR count). The number of nitrogens with one attached hydrogen (secondary N) is 1. The molecule has 0 aromatic heterocycles. The van der Waals surface area contributed by atoms with Gasteiger partial charge in [-0.3, -0.25) is 9.59 Å². The molecule has 0 saturated heterocycles. The number of carbonyl (C=O) groups is 2. The van der Waals surface area contributed by atoms with Crippen LogP contribution in [0.15, 0.2) is 53.4 Å². The first-order chi connectivity index (χ1) is 12.0. The molecule has 0 aliphatic heterocycles. The highest BCUT2D eigenvalue weighted by atomic mass is 32.2. The standard InChI is InChI=1S/C19H20FNO3S/c1-13(19(23)24)12-14-6-8-15(9-7-14)21-18(22)10-11-25-17-5-3-2-4-16(17)20/h2-9,13H,10-12H2,1H3,(H,21,22)(H,23,24). The Morgan fingerprint density at radius 2 is 1.84 bits per heavy atom. The first-order valence-electron chi connectivity index (χ1n) is 7.94. The van der Waals surface area contributed by atoms with E-state index in [1.165, 1.54) is 17.8 Å². The summed E-state index contributed by atoms with van der Waals surface area (Å²) in [5, 5.41) is 11.7. The van der Waals surface area contributed by atoms with Crippen LogP contribution in [-0.2, 0) is 16.0 Å². The number of rotatable bonds is 8. The topological polar surface area (TPSA) is 66.4 Å². The van der Waals surface area contributed by atoms with Crippen LogP contribution < -0.4 is 5.32 Å². The fourth-order valence-electron chi connectivity index (χ4n) is 2.20. The Morgan fingerprint density at radius 1 is 1.16 bits per heavy atom. The molecular weight excluding hydrogens is 341 g/mol. The SMILES string of the molecule is CC(Cc1ccc(NC(=O)CCSc2ccccc2F)cc1)C(=O)O. The molecule has 2 aromatic rings. The van der Waals surface area contributed by atoms with E-state index in [1.54, 1.807) is 37.3 Å². The van der Waals surface area contributed by atoms with Crippen molar-refractivity contribution in [3.05, 3.63) is 59.9 Å². The van der Waals surface area contributed by atoms with Gasteiger partial charge in [0.1, 0.15) is 5.82 Å². The number of amides is 1. The number of hydrogen-bond donors (Lipinski definition) is 2. The largest absolute Gasteiger partial charge is 0.481 e. The highest BCUT2D eigenvalue weighted by Gasteiger charge is 2.11. The molecule has 0 spiro atoms. The number of aliphatic carboxylic acids is 1. The van der Waals surface area contributed by atoms with Crippen LogP contribution >= 0.6 is 11.8 Å². The van der Waals surface area contributed by atoms with Crippen molar-refractivity contribution < 1.29 is 19.1 Å². The van der Waals surface area contributed by atoms with E-state index in [9.17, 15) is 14.0 Å². The quantitative estimate of drug-likeness (QED) is 0.691. The second-order valence-corrected chi connectivity index (χ2v) is 6.85. The summed E-state index contributed by atoms with van der Waals surface area (Å²) >= 11 is 1.31. The summed E-state index contributed by atoms with van der Waals surface area (Å²) in [6.45, 7) is 1.66. The number of thioether (sulfide) groups is 1. The van der Waals surface area contributed by atoms with E-state index < -0.39 is 11.9 Å². The second kappa shape index (κ2) is 9.22. The molecule has 0 aliphatic carbocycles. The maximum Gasteiger partial charge on any atom is 0.306 e. The minimum Gasteiger partial charge on any atom is -0.481 e. The molecule has 6 heteroatoms. The molecule has 0 bridgehead atoms. The lowest BCUT2D eigenvalue weighted by Crippen LogP contribution is -2.13. The zero-order valence-electron chi connectivity index (χ0n) is 13.9. The molecule has 132 valence electrons. The molecule has 0 aliphatic rings. The Labute approximate surface area is 150 Å². The van der Waals surface area contributed by atoms with Crippen molar-refractivity contribution in [2.45, 2.75) is 24.7 Å². The number of benzene rings is 2. The average Bonchev–Trinajstić information content (AvgIpc) is 2.58. The normalized spacial score (nSPS) is 11.8. The van der Waals surface area contributed by atoms with Gasteiger partial charge in [-0.1, -0.05) is 31.2 Å². The molecule has 0 saturated carbocycles. The van der Waals surface area contributed by atoms with Crippen LogP contribution in [0.4, 0.5) is 10.1 Å². The summed E-state index contributed by atoms with van der Waals surface area (Å²) in [6.07, 6.45) is 0.722.